The number of rotatable bonds is 2. The van der Waals surface area contributed by atoms with Crippen molar-refractivity contribution in [2.24, 2.45) is 0 Å². The largest absolute Gasteiger partial charge is 0.397 e. The van der Waals surface area contributed by atoms with Crippen molar-refractivity contribution >= 4 is 16.7 Å². The molecule has 0 saturated heterocycles. The number of fused-ring (bicyclic) bond motifs is 1. The number of nitrogens with zero attached hydrogens (tertiary/aromatic N) is 2. The predicted octanol–water partition coefficient (Wildman–Crippen LogP) is 4.10. The van der Waals surface area contributed by atoms with Gasteiger partial charge in [0.25, 0.3) is 0 Å². The Morgan fingerprint density at radius 1 is 1.14 bits per heavy atom. The lowest BCUT2D eigenvalue weighted by Crippen LogP contribution is -2.19. The number of aromatic nitrogens is 2. The number of nitrogens with two attached hydrogens (primary N) is 1. The summed E-state index contributed by atoms with van der Waals surface area (Å²) in [5.74, 6) is 0.725. The lowest BCUT2D eigenvalue weighted by Gasteiger charge is -2.20. The molecule has 0 aliphatic carbocycles. The van der Waals surface area contributed by atoms with Gasteiger partial charge >= 0.3 is 0 Å². The molecule has 3 rings (SSSR count). The first-order valence-electron chi connectivity index (χ1n) is 7.36. The Labute approximate surface area is 129 Å². The molecule has 114 valence electrons. The van der Waals surface area contributed by atoms with Crippen LogP contribution in [0.5, 0.6) is 0 Å². The van der Waals surface area contributed by atoms with E-state index in [1.807, 2.05) is 24.3 Å². The number of nitrogen functional groups attached to an aromatic ring is 1. The molecule has 1 heterocycles. The smallest absolute Gasteiger partial charge is 0.123 e. The van der Waals surface area contributed by atoms with Gasteiger partial charge in [-0.2, -0.15) is 0 Å². The standard InChI is InChI=1S/C18H20FN3/c1-18(2,3)17-21-16-14(20)8-5-9-15(16)22(17)11-12-6-4-7-13(19)10-12/h4-10H,11,20H2,1-3H3. The maximum atomic E-state index is 13.5. The van der Waals surface area contributed by atoms with E-state index in [2.05, 4.69) is 25.3 Å². The fraction of sp³-hybridized carbons (Fsp3) is 0.278. The molecule has 3 nitrogen and oxygen atoms in total. The van der Waals surface area contributed by atoms with Crippen molar-refractivity contribution in [3.63, 3.8) is 0 Å². The molecule has 0 radical (unpaired) electrons. The van der Waals surface area contributed by atoms with Crippen LogP contribution in [0.15, 0.2) is 42.5 Å². The molecule has 0 unspecified atom stereocenters. The van der Waals surface area contributed by atoms with Crippen molar-refractivity contribution in [1.29, 1.82) is 0 Å². The second-order valence-corrected chi connectivity index (χ2v) is 6.62. The van der Waals surface area contributed by atoms with Crippen molar-refractivity contribution < 1.29 is 4.39 Å². The van der Waals surface area contributed by atoms with Gasteiger partial charge in [-0.15, -0.1) is 0 Å². The molecule has 0 spiro atoms. The summed E-state index contributed by atoms with van der Waals surface area (Å²) in [4.78, 5) is 4.75. The van der Waals surface area contributed by atoms with Gasteiger partial charge in [-0.05, 0) is 29.8 Å². The van der Waals surface area contributed by atoms with Crippen molar-refractivity contribution in [1.82, 2.24) is 9.55 Å². The summed E-state index contributed by atoms with van der Waals surface area (Å²) in [5, 5.41) is 0. The average molecular weight is 297 g/mol. The highest BCUT2D eigenvalue weighted by Gasteiger charge is 2.23. The van der Waals surface area contributed by atoms with Gasteiger partial charge < -0.3 is 10.3 Å². The first-order valence-corrected chi connectivity index (χ1v) is 7.36. The van der Waals surface area contributed by atoms with Crippen LogP contribution in [-0.2, 0) is 12.0 Å². The first-order chi connectivity index (χ1) is 10.4. The fourth-order valence-corrected chi connectivity index (χ4v) is 2.72. The summed E-state index contributed by atoms with van der Waals surface area (Å²) in [5.41, 5.74) is 9.30. The number of benzene rings is 2. The Morgan fingerprint density at radius 2 is 1.86 bits per heavy atom. The molecule has 3 aromatic rings. The molecule has 0 bridgehead atoms. The minimum absolute atomic E-state index is 0.126. The van der Waals surface area contributed by atoms with Gasteiger partial charge in [0.05, 0.1) is 11.2 Å². The minimum Gasteiger partial charge on any atom is -0.397 e. The molecule has 22 heavy (non-hydrogen) atoms. The van der Waals surface area contributed by atoms with Crippen LogP contribution in [0.3, 0.4) is 0 Å². The van der Waals surface area contributed by atoms with E-state index in [1.165, 1.54) is 6.07 Å². The van der Waals surface area contributed by atoms with Crippen molar-refractivity contribution in [2.75, 3.05) is 5.73 Å². The van der Waals surface area contributed by atoms with Crippen LogP contribution < -0.4 is 5.73 Å². The Morgan fingerprint density at radius 3 is 2.55 bits per heavy atom. The van der Waals surface area contributed by atoms with Crippen LogP contribution in [0.2, 0.25) is 0 Å². The Balaban J connectivity index is 2.20. The molecule has 2 aromatic carbocycles. The topological polar surface area (TPSA) is 43.8 Å². The monoisotopic (exact) mass is 297 g/mol. The summed E-state index contributed by atoms with van der Waals surface area (Å²) >= 11 is 0. The average Bonchev–Trinajstić information content (AvgIpc) is 2.79. The number of imidazole rings is 1. The fourth-order valence-electron chi connectivity index (χ4n) is 2.72. The Bertz CT molecular complexity index is 828. The third kappa shape index (κ3) is 2.56. The van der Waals surface area contributed by atoms with Gasteiger partial charge in [-0.25, -0.2) is 9.37 Å². The third-order valence-corrected chi connectivity index (χ3v) is 3.71. The predicted molar refractivity (Wildman–Crippen MR) is 88.3 cm³/mol. The van der Waals surface area contributed by atoms with Crippen LogP contribution in [-0.4, -0.2) is 9.55 Å². The zero-order chi connectivity index (χ0) is 15.9. The van der Waals surface area contributed by atoms with Gasteiger partial charge in [0.15, 0.2) is 0 Å². The molecule has 0 amide bonds. The number of anilines is 1. The maximum Gasteiger partial charge on any atom is 0.123 e. The second-order valence-electron chi connectivity index (χ2n) is 6.62. The maximum absolute atomic E-state index is 13.5. The van der Waals surface area contributed by atoms with E-state index in [0.29, 0.717) is 12.2 Å². The van der Waals surface area contributed by atoms with Gasteiger partial charge in [-0.3, -0.25) is 0 Å². The molecule has 0 aliphatic rings. The minimum atomic E-state index is -0.223. The number of halogens is 1. The summed E-state index contributed by atoms with van der Waals surface area (Å²) in [7, 11) is 0. The summed E-state index contributed by atoms with van der Waals surface area (Å²) in [6, 6.07) is 12.5. The molecule has 0 atom stereocenters. The lowest BCUT2D eigenvalue weighted by molar-refractivity contribution is 0.516. The highest BCUT2D eigenvalue weighted by atomic mass is 19.1. The molecule has 2 N–H and O–H groups in total. The normalized spacial score (nSPS) is 12.0. The van der Waals surface area contributed by atoms with Gasteiger partial charge in [-0.1, -0.05) is 39.0 Å². The zero-order valence-corrected chi connectivity index (χ0v) is 13.1. The number of hydrogen-bond acceptors (Lipinski definition) is 2. The lowest BCUT2D eigenvalue weighted by atomic mass is 9.95. The van der Waals surface area contributed by atoms with Gasteiger partial charge in [0.1, 0.15) is 17.2 Å². The van der Waals surface area contributed by atoms with Gasteiger partial charge in [0, 0.05) is 12.0 Å². The molecule has 4 heteroatoms. The van der Waals surface area contributed by atoms with E-state index < -0.39 is 0 Å². The van der Waals surface area contributed by atoms with E-state index in [0.717, 1.165) is 22.4 Å². The number of para-hydroxylation sites is 1. The van der Waals surface area contributed by atoms with Crippen molar-refractivity contribution in [2.45, 2.75) is 32.7 Å². The number of hydrogen-bond donors (Lipinski definition) is 1. The van der Waals surface area contributed by atoms with E-state index in [4.69, 9.17) is 10.7 Å². The second kappa shape index (κ2) is 5.13. The first kappa shape index (κ1) is 14.6. The van der Waals surface area contributed by atoms with E-state index in [9.17, 15) is 4.39 Å². The van der Waals surface area contributed by atoms with Crippen LogP contribution in [0.25, 0.3) is 11.0 Å². The molecular weight excluding hydrogens is 277 g/mol. The quantitative estimate of drug-likeness (QED) is 0.724. The highest BCUT2D eigenvalue weighted by Crippen LogP contribution is 2.29. The van der Waals surface area contributed by atoms with Crippen LogP contribution in [0.4, 0.5) is 10.1 Å². The van der Waals surface area contributed by atoms with Crippen LogP contribution in [0.1, 0.15) is 32.2 Å². The van der Waals surface area contributed by atoms with Gasteiger partial charge in [0.2, 0.25) is 0 Å². The molecule has 0 saturated carbocycles. The molecule has 0 aliphatic heterocycles. The Kier molecular flexibility index (Phi) is 3.39. The van der Waals surface area contributed by atoms with E-state index in [-0.39, 0.29) is 11.2 Å². The third-order valence-electron chi connectivity index (χ3n) is 3.71. The highest BCUT2D eigenvalue weighted by molar-refractivity contribution is 5.87. The summed E-state index contributed by atoms with van der Waals surface area (Å²) in [6.45, 7) is 6.93. The Hall–Kier alpha value is -2.36. The summed E-state index contributed by atoms with van der Waals surface area (Å²) < 4.78 is 15.6. The van der Waals surface area contributed by atoms with E-state index >= 15 is 0 Å². The zero-order valence-electron chi connectivity index (χ0n) is 13.1. The molecule has 1 aromatic heterocycles. The van der Waals surface area contributed by atoms with Crippen LogP contribution in [0, 0.1) is 5.82 Å². The van der Waals surface area contributed by atoms with E-state index in [1.54, 1.807) is 12.1 Å². The molecule has 0 fully saturated rings. The van der Waals surface area contributed by atoms with Crippen molar-refractivity contribution in [3.05, 3.63) is 59.7 Å². The van der Waals surface area contributed by atoms with Crippen molar-refractivity contribution in [3.8, 4) is 0 Å². The molecular formula is C18H20FN3. The van der Waals surface area contributed by atoms with Crippen LogP contribution >= 0.6 is 0 Å². The summed E-state index contributed by atoms with van der Waals surface area (Å²) in [6.07, 6.45) is 0. The SMILES string of the molecule is CC(C)(C)c1nc2c(N)cccc2n1Cc1cccc(F)c1.